The third-order valence-electron chi connectivity index (χ3n) is 9.73. The summed E-state index contributed by atoms with van der Waals surface area (Å²) in [4.78, 5) is 0. The summed E-state index contributed by atoms with van der Waals surface area (Å²) in [5.41, 5.74) is 6.26. The van der Waals surface area contributed by atoms with E-state index < -0.39 is 0 Å². The monoisotopic (exact) mass is 406 g/mol. The van der Waals surface area contributed by atoms with E-state index in [-0.39, 0.29) is 0 Å². The van der Waals surface area contributed by atoms with Gasteiger partial charge in [-0.05, 0) is 108 Å². The molecule has 0 heteroatoms. The lowest BCUT2D eigenvalue weighted by Gasteiger charge is -2.52. The smallest absolute Gasteiger partial charge is 0.0217 e. The maximum absolute atomic E-state index is 2.86. The molecule has 2 fully saturated rings. The van der Waals surface area contributed by atoms with E-state index in [4.69, 9.17) is 0 Å². The summed E-state index contributed by atoms with van der Waals surface area (Å²) in [6.45, 7) is 0. The first-order valence-electron chi connectivity index (χ1n) is 14.0. The van der Waals surface area contributed by atoms with E-state index in [1.807, 2.05) is 16.7 Å². The van der Waals surface area contributed by atoms with Gasteiger partial charge in [0.2, 0.25) is 0 Å². The minimum absolute atomic E-state index is 0.418. The number of rotatable bonds is 4. The minimum atomic E-state index is 0.418. The second kappa shape index (κ2) is 9.79. The van der Waals surface area contributed by atoms with Crippen molar-refractivity contribution in [1.29, 1.82) is 0 Å². The molecule has 0 spiro atoms. The highest BCUT2D eigenvalue weighted by Crippen LogP contribution is 2.63. The quantitative estimate of drug-likeness (QED) is 0.322. The largest absolute Gasteiger partial charge is 0.0850 e. The first kappa shape index (κ1) is 21.1. The average molecular weight is 407 g/mol. The van der Waals surface area contributed by atoms with Gasteiger partial charge in [-0.3, -0.25) is 0 Å². The maximum atomic E-state index is 2.86. The molecule has 0 nitrogen and oxygen atoms in total. The van der Waals surface area contributed by atoms with Crippen molar-refractivity contribution in [3.05, 3.63) is 34.9 Å². The van der Waals surface area contributed by atoms with Crippen molar-refractivity contribution in [3.63, 3.8) is 0 Å². The molecule has 5 aliphatic rings. The number of allylic oxidation sites excluding steroid dienone is 6. The molecule has 166 valence electrons. The maximum Gasteiger partial charge on any atom is 0.0217 e. The van der Waals surface area contributed by atoms with Crippen LogP contribution in [0.3, 0.4) is 0 Å². The van der Waals surface area contributed by atoms with Gasteiger partial charge in [-0.1, -0.05) is 73.5 Å². The van der Waals surface area contributed by atoms with Crippen molar-refractivity contribution in [2.45, 2.75) is 128 Å². The molecule has 0 radical (unpaired) electrons. The summed E-state index contributed by atoms with van der Waals surface area (Å²) >= 11 is 0. The summed E-state index contributed by atoms with van der Waals surface area (Å²) in [6.07, 6.45) is 37.3. The van der Waals surface area contributed by atoms with Gasteiger partial charge in [0.1, 0.15) is 0 Å². The fraction of sp³-hybridized carbons (Fsp3) is 0.800. The first-order chi connectivity index (χ1) is 14.9. The molecule has 0 bridgehead atoms. The number of hydrogen-bond donors (Lipinski definition) is 0. The Morgan fingerprint density at radius 2 is 1.30 bits per heavy atom. The molecule has 0 aromatic heterocycles. The lowest BCUT2D eigenvalue weighted by molar-refractivity contribution is 0.152. The summed E-state index contributed by atoms with van der Waals surface area (Å²) in [6, 6.07) is 0. The number of hydrogen-bond acceptors (Lipinski definition) is 0. The van der Waals surface area contributed by atoms with Crippen molar-refractivity contribution in [2.75, 3.05) is 0 Å². The Labute approximate surface area is 186 Å². The van der Waals surface area contributed by atoms with Gasteiger partial charge < -0.3 is 0 Å². The molecule has 0 saturated heterocycles. The third-order valence-corrected chi connectivity index (χ3v) is 9.73. The summed E-state index contributed by atoms with van der Waals surface area (Å²) in [7, 11) is 0. The van der Waals surface area contributed by atoms with Crippen LogP contribution in [-0.4, -0.2) is 0 Å². The summed E-state index contributed by atoms with van der Waals surface area (Å²) in [5, 5.41) is 0. The molecule has 5 aliphatic carbocycles. The van der Waals surface area contributed by atoms with Crippen molar-refractivity contribution in [3.8, 4) is 0 Å². The molecule has 0 aromatic carbocycles. The first-order valence-corrected chi connectivity index (χ1v) is 14.0. The fourth-order valence-electron chi connectivity index (χ4n) is 8.55. The molecule has 0 amide bonds. The molecule has 0 aliphatic heterocycles. The molecule has 2 saturated carbocycles. The second-order valence-electron chi connectivity index (χ2n) is 11.3. The molecular weight excluding hydrogens is 360 g/mol. The van der Waals surface area contributed by atoms with E-state index in [0.29, 0.717) is 5.41 Å². The topological polar surface area (TPSA) is 0 Å². The van der Waals surface area contributed by atoms with Crippen LogP contribution in [0.1, 0.15) is 128 Å². The standard InChI is InChI=1S/C30H46/c1-2-5-15-24(14-4-1)28-22-12-13-23-29(25-16-6-3-7-17-25)30(28,26-18-8-9-19-26)27-20-10-11-21-27/h16,18,22,24,27,29H,1-15,17,19-21,23H2. The molecule has 0 heterocycles. The van der Waals surface area contributed by atoms with Gasteiger partial charge in [-0.25, -0.2) is 0 Å². The average Bonchev–Trinajstić information content (AvgIpc) is 3.42. The van der Waals surface area contributed by atoms with Gasteiger partial charge in [0.05, 0.1) is 0 Å². The third kappa shape index (κ3) is 3.91. The van der Waals surface area contributed by atoms with Crippen LogP contribution in [0.25, 0.3) is 0 Å². The second-order valence-corrected chi connectivity index (χ2v) is 11.3. The molecular formula is C30H46. The van der Waals surface area contributed by atoms with E-state index in [0.717, 1.165) is 17.8 Å². The van der Waals surface area contributed by atoms with Gasteiger partial charge in [0, 0.05) is 5.41 Å². The van der Waals surface area contributed by atoms with Crippen LogP contribution in [0.5, 0.6) is 0 Å². The summed E-state index contributed by atoms with van der Waals surface area (Å²) in [5.74, 6) is 2.66. The van der Waals surface area contributed by atoms with Crippen molar-refractivity contribution in [2.24, 2.45) is 23.2 Å². The molecule has 2 atom stereocenters. The molecule has 30 heavy (non-hydrogen) atoms. The van der Waals surface area contributed by atoms with Gasteiger partial charge in [-0.15, -0.1) is 0 Å². The lowest BCUT2D eigenvalue weighted by atomic mass is 9.52. The molecule has 0 aromatic rings. The van der Waals surface area contributed by atoms with E-state index in [1.165, 1.54) is 128 Å². The van der Waals surface area contributed by atoms with Gasteiger partial charge in [0.25, 0.3) is 0 Å². The Morgan fingerprint density at radius 1 is 0.567 bits per heavy atom. The highest BCUT2D eigenvalue weighted by atomic mass is 14.6. The zero-order valence-corrected chi connectivity index (χ0v) is 19.6. The Bertz CT molecular complexity index is 662. The Morgan fingerprint density at radius 3 is 2.00 bits per heavy atom. The van der Waals surface area contributed by atoms with Crippen LogP contribution < -0.4 is 0 Å². The van der Waals surface area contributed by atoms with E-state index in [2.05, 4.69) is 18.2 Å². The van der Waals surface area contributed by atoms with Gasteiger partial charge >= 0.3 is 0 Å². The van der Waals surface area contributed by atoms with Gasteiger partial charge in [0.15, 0.2) is 0 Å². The van der Waals surface area contributed by atoms with Crippen LogP contribution in [0.2, 0.25) is 0 Å². The minimum Gasteiger partial charge on any atom is -0.0850 e. The zero-order valence-electron chi connectivity index (χ0n) is 19.6. The van der Waals surface area contributed by atoms with Crippen LogP contribution in [0.15, 0.2) is 34.9 Å². The predicted molar refractivity (Wildman–Crippen MR) is 129 cm³/mol. The van der Waals surface area contributed by atoms with Crippen molar-refractivity contribution in [1.82, 2.24) is 0 Å². The summed E-state index contributed by atoms with van der Waals surface area (Å²) < 4.78 is 0. The molecule has 0 N–H and O–H groups in total. The Kier molecular flexibility index (Phi) is 6.88. The Hall–Kier alpha value is -0.780. The lowest BCUT2D eigenvalue weighted by Crippen LogP contribution is -2.43. The zero-order chi connectivity index (χ0) is 20.2. The van der Waals surface area contributed by atoms with Crippen molar-refractivity contribution < 1.29 is 0 Å². The van der Waals surface area contributed by atoms with Crippen molar-refractivity contribution >= 4 is 0 Å². The van der Waals surface area contributed by atoms with Crippen LogP contribution in [0.4, 0.5) is 0 Å². The van der Waals surface area contributed by atoms with E-state index >= 15 is 0 Å². The highest BCUT2D eigenvalue weighted by Gasteiger charge is 2.53. The van der Waals surface area contributed by atoms with Crippen LogP contribution >= 0.6 is 0 Å². The predicted octanol–water partition coefficient (Wildman–Crippen LogP) is 9.47. The molecule has 5 rings (SSSR count). The van der Waals surface area contributed by atoms with Crippen LogP contribution in [-0.2, 0) is 0 Å². The normalized spacial score (nSPS) is 34.8. The molecule has 2 unspecified atom stereocenters. The van der Waals surface area contributed by atoms with Gasteiger partial charge in [-0.2, -0.15) is 0 Å². The fourth-order valence-corrected chi connectivity index (χ4v) is 8.55. The SMILES string of the molecule is C1=C(C2CCCC=C(C3CCCCCC3)C2(C2=CCCC2)C2CCCC2)CCCC1. The Balaban J connectivity index is 1.65. The highest BCUT2D eigenvalue weighted by molar-refractivity contribution is 5.41. The van der Waals surface area contributed by atoms with E-state index in [9.17, 15) is 0 Å². The van der Waals surface area contributed by atoms with E-state index in [1.54, 1.807) is 0 Å². The van der Waals surface area contributed by atoms with Crippen LogP contribution in [0, 0.1) is 23.2 Å².